The van der Waals surface area contributed by atoms with Crippen LogP contribution in [0.2, 0.25) is 0 Å². The fourth-order valence-electron chi connectivity index (χ4n) is 3.04. The smallest absolute Gasteiger partial charge is 0.243 e. The molecule has 1 aromatic rings. The van der Waals surface area contributed by atoms with Gasteiger partial charge in [-0.05, 0) is 58.0 Å². The molecule has 0 aromatic heterocycles. The quantitative estimate of drug-likeness (QED) is 0.857. The Hall–Kier alpha value is -0.910. The van der Waals surface area contributed by atoms with Crippen LogP contribution in [-0.2, 0) is 10.0 Å². The van der Waals surface area contributed by atoms with E-state index in [0.717, 1.165) is 43.6 Å². The van der Waals surface area contributed by atoms with Crippen molar-refractivity contribution in [3.05, 3.63) is 29.3 Å². The summed E-state index contributed by atoms with van der Waals surface area (Å²) < 4.78 is 27.2. The van der Waals surface area contributed by atoms with Gasteiger partial charge in [-0.3, -0.25) is 0 Å². The van der Waals surface area contributed by atoms with Crippen molar-refractivity contribution in [1.82, 2.24) is 9.21 Å². The molecule has 1 fully saturated rings. The molecule has 0 radical (unpaired) electrons. The molecule has 0 bridgehead atoms. The highest BCUT2D eigenvalue weighted by atomic mass is 32.2. The average molecular weight is 310 g/mol. The van der Waals surface area contributed by atoms with Crippen molar-refractivity contribution in [2.45, 2.75) is 44.6 Å². The van der Waals surface area contributed by atoms with E-state index < -0.39 is 10.0 Å². The molecule has 0 saturated carbocycles. The average Bonchev–Trinajstić information content (AvgIpc) is 2.46. The molecule has 21 heavy (non-hydrogen) atoms. The minimum atomic E-state index is -3.40. The SMILES string of the molecule is CCN1CCC(N(C)S(=O)(=O)c2ccc(C)cc2C)CC1. The molecule has 4 nitrogen and oxygen atoms in total. The van der Waals surface area contributed by atoms with Crippen molar-refractivity contribution in [1.29, 1.82) is 0 Å². The molecule has 0 atom stereocenters. The first kappa shape index (κ1) is 16.5. The highest BCUT2D eigenvalue weighted by Gasteiger charge is 2.31. The Morgan fingerprint density at radius 3 is 2.38 bits per heavy atom. The van der Waals surface area contributed by atoms with E-state index in [1.807, 2.05) is 26.0 Å². The van der Waals surface area contributed by atoms with Crippen LogP contribution in [0, 0.1) is 13.8 Å². The molecule has 0 N–H and O–H groups in total. The van der Waals surface area contributed by atoms with Gasteiger partial charge in [0.25, 0.3) is 0 Å². The number of hydrogen-bond acceptors (Lipinski definition) is 3. The molecule has 1 saturated heterocycles. The molecule has 1 aliphatic heterocycles. The minimum absolute atomic E-state index is 0.110. The van der Waals surface area contributed by atoms with Gasteiger partial charge in [0.05, 0.1) is 4.90 Å². The number of nitrogens with zero attached hydrogens (tertiary/aromatic N) is 2. The Bertz CT molecular complexity index is 590. The third kappa shape index (κ3) is 3.47. The van der Waals surface area contributed by atoms with Crippen LogP contribution in [0.15, 0.2) is 23.1 Å². The van der Waals surface area contributed by atoms with Crippen molar-refractivity contribution in [3.63, 3.8) is 0 Å². The number of likely N-dealkylation sites (tertiary alicyclic amines) is 1. The van der Waals surface area contributed by atoms with Crippen molar-refractivity contribution < 1.29 is 8.42 Å². The molecule has 1 aromatic carbocycles. The normalized spacial score (nSPS) is 18.3. The van der Waals surface area contributed by atoms with Gasteiger partial charge in [0.2, 0.25) is 10.0 Å². The standard InChI is InChI=1S/C16H26N2O2S/c1-5-18-10-8-15(9-11-18)17(4)21(19,20)16-7-6-13(2)12-14(16)3/h6-7,12,15H,5,8-11H2,1-4H3. The van der Waals surface area contributed by atoms with Gasteiger partial charge in [-0.1, -0.05) is 24.6 Å². The summed E-state index contributed by atoms with van der Waals surface area (Å²) in [5.74, 6) is 0. The molecule has 0 unspecified atom stereocenters. The van der Waals surface area contributed by atoms with Gasteiger partial charge >= 0.3 is 0 Å². The second-order valence-corrected chi connectivity index (χ2v) is 7.92. The van der Waals surface area contributed by atoms with Crippen molar-refractivity contribution in [2.24, 2.45) is 0 Å². The third-order valence-electron chi connectivity index (χ3n) is 4.51. The van der Waals surface area contributed by atoms with E-state index in [1.165, 1.54) is 0 Å². The second kappa shape index (κ2) is 6.46. The number of rotatable bonds is 4. The summed E-state index contributed by atoms with van der Waals surface area (Å²) in [6.45, 7) is 9.00. The Morgan fingerprint density at radius 1 is 1.24 bits per heavy atom. The number of benzene rings is 1. The molecule has 118 valence electrons. The van der Waals surface area contributed by atoms with Crippen LogP contribution >= 0.6 is 0 Å². The predicted octanol–water partition coefficient (Wildman–Crippen LogP) is 2.41. The molecular weight excluding hydrogens is 284 g/mol. The zero-order valence-corrected chi connectivity index (χ0v) is 14.3. The first-order valence-electron chi connectivity index (χ1n) is 7.64. The van der Waals surface area contributed by atoms with Crippen LogP contribution in [-0.4, -0.2) is 50.3 Å². The monoisotopic (exact) mass is 310 g/mol. The van der Waals surface area contributed by atoms with Gasteiger partial charge < -0.3 is 4.90 Å². The summed E-state index contributed by atoms with van der Waals surface area (Å²) in [4.78, 5) is 2.81. The highest BCUT2D eigenvalue weighted by Crippen LogP contribution is 2.25. The molecular formula is C16H26N2O2S. The fourth-order valence-corrected chi connectivity index (χ4v) is 4.66. The number of aryl methyl sites for hydroxylation is 2. The predicted molar refractivity (Wildman–Crippen MR) is 86.0 cm³/mol. The first-order valence-corrected chi connectivity index (χ1v) is 9.08. The van der Waals surface area contributed by atoms with Gasteiger partial charge in [-0.25, -0.2) is 8.42 Å². The topological polar surface area (TPSA) is 40.6 Å². The molecule has 2 rings (SSSR count). The van der Waals surface area contributed by atoms with Crippen LogP contribution in [0.4, 0.5) is 0 Å². The largest absolute Gasteiger partial charge is 0.303 e. The maximum atomic E-state index is 12.8. The highest BCUT2D eigenvalue weighted by molar-refractivity contribution is 7.89. The summed E-state index contributed by atoms with van der Waals surface area (Å²) in [6.07, 6.45) is 1.82. The van der Waals surface area contributed by atoms with E-state index >= 15 is 0 Å². The lowest BCUT2D eigenvalue weighted by atomic mass is 10.1. The molecule has 0 spiro atoms. The van der Waals surface area contributed by atoms with Crippen molar-refractivity contribution in [2.75, 3.05) is 26.7 Å². The maximum absolute atomic E-state index is 12.8. The Labute approximate surface area is 128 Å². The number of sulfonamides is 1. The van der Waals surface area contributed by atoms with E-state index in [9.17, 15) is 8.42 Å². The van der Waals surface area contributed by atoms with Crippen molar-refractivity contribution in [3.8, 4) is 0 Å². The molecule has 0 aliphatic carbocycles. The summed E-state index contributed by atoms with van der Waals surface area (Å²) in [5.41, 5.74) is 1.92. The van der Waals surface area contributed by atoms with Crippen LogP contribution in [0.3, 0.4) is 0 Å². The zero-order chi connectivity index (χ0) is 15.6. The fraction of sp³-hybridized carbons (Fsp3) is 0.625. The Balaban J connectivity index is 2.19. The summed E-state index contributed by atoms with van der Waals surface area (Å²) in [5, 5.41) is 0. The van der Waals surface area contributed by atoms with Gasteiger partial charge in [-0.15, -0.1) is 0 Å². The Kier molecular flexibility index (Phi) is 5.07. The van der Waals surface area contributed by atoms with E-state index in [1.54, 1.807) is 17.4 Å². The zero-order valence-electron chi connectivity index (χ0n) is 13.5. The van der Waals surface area contributed by atoms with Gasteiger partial charge in [0, 0.05) is 13.1 Å². The number of hydrogen-bond donors (Lipinski definition) is 0. The lowest BCUT2D eigenvalue weighted by molar-refractivity contribution is 0.176. The summed E-state index contributed by atoms with van der Waals surface area (Å²) >= 11 is 0. The minimum Gasteiger partial charge on any atom is -0.303 e. The first-order chi connectivity index (χ1) is 9.86. The van der Waals surface area contributed by atoms with Gasteiger partial charge in [-0.2, -0.15) is 4.31 Å². The van der Waals surface area contributed by atoms with Gasteiger partial charge in [0.15, 0.2) is 0 Å². The molecule has 0 amide bonds. The van der Waals surface area contributed by atoms with Crippen LogP contribution in [0.5, 0.6) is 0 Å². The van der Waals surface area contributed by atoms with E-state index in [-0.39, 0.29) is 6.04 Å². The third-order valence-corrected chi connectivity index (χ3v) is 6.58. The number of piperidine rings is 1. The lowest BCUT2D eigenvalue weighted by Gasteiger charge is -2.35. The molecule has 1 heterocycles. The maximum Gasteiger partial charge on any atom is 0.243 e. The summed E-state index contributed by atoms with van der Waals surface area (Å²) in [7, 11) is -1.67. The Morgan fingerprint density at radius 2 is 1.86 bits per heavy atom. The molecule has 1 aliphatic rings. The van der Waals surface area contributed by atoms with Crippen LogP contribution < -0.4 is 0 Å². The van der Waals surface area contributed by atoms with E-state index in [0.29, 0.717) is 4.90 Å². The van der Waals surface area contributed by atoms with Crippen LogP contribution in [0.1, 0.15) is 30.9 Å². The van der Waals surface area contributed by atoms with Crippen LogP contribution in [0.25, 0.3) is 0 Å². The van der Waals surface area contributed by atoms with Crippen molar-refractivity contribution >= 4 is 10.0 Å². The summed E-state index contributed by atoms with van der Waals surface area (Å²) in [6, 6.07) is 5.64. The second-order valence-electron chi connectivity index (χ2n) is 5.96. The van der Waals surface area contributed by atoms with Gasteiger partial charge in [0.1, 0.15) is 0 Å². The van der Waals surface area contributed by atoms with E-state index in [2.05, 4.69) is 11.8 Å². The molecule has 5 heteroatoms. The lowest BCUT2D eigenvalue weighted by Crippen LogP contribution is -2.45. The van der Waals surface area contributed by atoms with E-state index in [4.69, 9.17) is 0 Å².